The summed E-state index contributed by atoms with van der Waals surface area (Å²) in [7, 11) is 0. The molecule has 1 saturated carbocycles. The van der Waals surface area contributed by atoms with Gasteiger partial charge in [-0.3, -0.25) is 0 Å². The Balaban J connectivity index is 1.63. The van der Waals surface area contributed by atoms with Crippen LogP contribution in [0, 0.1) is 6.92 Å². The molecule has 2 aliphatic rings. The maximum absolute atomic E-state index is 5.95. The summed E-state index contributed by atoms with van der Waals surface area (Å²) in [4.78, 5) is 9.34. The molecule has 1 N–H and O–H groups in total. The molecule has 122 valence electrons. The molecule has 1 aromatic heterocycles. The van der Waals surface area contributed by atoms with E-state index in [2.05, 4.69) is 24.1 Å². The van der Waals surface area contributed by atoms with E-state index in [9.17, 15) is 0 Å². The van der Waals surface area contributed by atoms with E-state index in [0.717, 1.165) is 37.3 Å². The molecule has 2 aliphatic carbocycles. The van der Waals surface area contributed by atoms with Crippen molar-refractivity contribution in [2.45, 2.75) is 90.4 Å². The minimum atomic E-state index is 0.339. The molecule has 0 spiro atoms. The van der Waals surface area contributed by atoms with Gasteiger partial charge in [-0.25, -0.2) is 9.97 Å². The van der Waals surface area contributed by atoms with E-state index < -0.39 is 0 Å². The van der Waals surface area contributed by atoms with Gasteiger partial charge in [0.25, 0.3) is 0 Å². The van der Waals surface area contributed by atoms with Crippen LogP contribution >= 0.6 is 0 Å². The van der Waals surface area contributed by atoms with Crippen LogP contribution in [0.5, 0.6) is 0 Å². The SMILES string of the molecule is Cc1nc2c(c(NC3CCC(OC(C)C)CC3)n1)CCCC2. The van der Waals surface area contributed by atoms with E-state index in [-0.39, 0.29) is 0 Å². The lowest BCUT2D eigenvalue weighted by Gasteiger charge is -2.31. The summed E-state index contributed by atoms with van der Waals surface area (Å²) in [5, 5.41) is 3.72. The normalized spacial score (nSPS) is 25.1. The Labute approximate surface area is 134 Å². The first-order chi connectivity index (χ1) is 10.6. The fourth-order valence-corrected chi connectivity index (χ4v) is 3.76. The van der Waals surface area contributed by atoms with Gasteiger partial charge in [0.1, 0.15) is 11.6 Å². The van der Waals surface area contributed by atoms with Crippen LogP contribution in [0.15, 0.2) is 0 Å². The van der Waals surface area contributed by atoms with Crippen molar-refractivity contribution in [1.29, 1.82) is 0 Å². The van der Waals surface area contributed by atoms with Gasteiger partial charge < -0.3 is 10.1 Å². The third kappa shape index (κ3) is 3.78. The van der Waals surface area contributed by atoms with Crippen molar-refractivity contribution < 1.29 is 4.74 Å². The maximum Gasteiger partial charge on any atom is 0.133 e. The number of nitrogens with one attached hydrogen (secondary N) is 1. The molecular formula is C18H29N3O. The van der Waals surface area contributed by atoms with E-state index in [1.807, 2.05) is 6.92 Å². The van der Waals surface area contributed by atoms with E-state index in [1.54, 1.807) is 0 Å². The Morgan fingerprint density at radius 2 is 1.77 bits per heavy atom. The van der Waals surface area contributed by atoms with Gasteiger partial charge in [0.15, 0.2) is 0 Å². The Bertz CT molecular complexity index is 507. The topological polar surface area (TPSA) is 47.0 Å². The quantitative estimate of drug-likeness (QED) is 0.918. The predicted molar refractivity (Wildman–Crippen MR) is 89.3 cm³/mol. The largest absolute Gasteiger partial charge is 0.376 e. The minimum Gasteiger partial charge on any atom is -0.376 e. The number of nitrogens with zero attached hydrogens (tertiary/aromatic N) is 2. The smallest absolute Gasteiger partial charge is 0.133 e. The molecule has 0 radical (unpaired) electrons. The monoisotopic (exact) mass is 303 g/mol. The van der Waals surface area contributed by atoms with Crippen molar-refractivity contribution in [3.63, 3.8) is 0 Å². The first kappa shape index (κ1) is 15.7. The number of fused-ring (bicyclic) bond motifs is 1. The predicted octanol–water partition coefficient (Wildman–Crippen LogP) is 3.81. The molecule has 22 heavy (non-hydrogen) atoms. The molecule has 0 atom stereocenters. The van der Waals surface area contributed by atoms with Crippen molar-refractivity contribution in [3.8, 4) is 0 Å². The fraction of sp³-hybridized carbons (Fsp3) is 0.778. The molecule has 0 bridgehead atoms. The molecular weight excluding hydrogens is 274 g/mol. The van der Waals surface area contributed by atoms with Crippen LogP contribution in [0.4, 0.5) is 5.82 Å². The van der Waals surface area contributed by atoms with Gasteiger partial charge in [0.2, 0.25) is 0 Å². The summed E-state index contributed by atoms with van der Waals surface area (Å²) < 4.78 is 5.95. The van der Waals surface area contributed by atoms with E-state index in [1.165, 1.54) is 36.9 Å². The van der Waals surface area contributed by atoms with Crippen LogP contribution < -0.4 is 5.32 Å². The highest BCUT2D eigenvalue weighted by molar-refractivity contribution is 5.48. The second-order valence-electron chi connectivity index (χ2n) is 7.05. The molecule has 1 aromatic rings. The number of rotatable bonds is 4. The summed E-state index contributed by atoms with van der Waals surface area (Å²) in [5.74, 6) is 2.01. The van der Waals surface area contributed by atoms with E-state index >= 15 is 0 Å². The highest BCUT2D eigenvalue weighted by Gasteiger charge is 2.24. The van der Waals surface area contributed by atoms with Crippen molar-refractivity contribution in [2.24, 2.45) is 0 Å². The molecule has 1 fully saturated rings. The van der Waals surface area contributed by atoms with Crippen LogP contribution in [-0.4, -0.2) is 28.2 Å². The second kappa shape index (κ2) is 6.95. The molecule has 4 heteroatoms. The number of aryl methyl sites for hydroxylation is 2. The number of hydrogen-bond acceptors (Lipinski definition) is 4. The highest BCUT2D eigenvalue weighted by atomic mass is 16.5. The molecule has 4 nitrogen and oxygen atoms in total. The van der Waals surface area contributed by atoms with Gasteiger partial charge in [-0.2, -0.15) is 0 Å². The summed E-state index contributed by atoms with van der Waals surface area (Å²) in [5.41, 5.74) is 2.65. The fourth-order valence-electron chi connectivity index (χ4n) is 3.76. The number of aromatic nitrogens is 2. The average molecular weight is 303 g/mol. The van der Waals surface area contributed by atoms with Crippen LogP contribution in [0.3, 0.4) is 0 Å². The van der Waals surface area contributed by atoms with Crippen molar-refractivity contribution in [1.82, 2.24) is 9.97 Å². The zero-order chi connectivity index (χ0) is 15.5. The third-order valence-corrected chi connectivity index (χ3v) is 4.77. The second-order valence-corrected chi connectivity index (χ2v) is 7.05. The Hall–Kier alpha value is -1.16. The summed E-state index contributed by atoms with van der Waals surface area (Å²) in [6.07, 6.45) is 10.2. The Morgan fingerprint density at radius 1 is 1.05 bits per heavy atom. The summed E-state index contributed by atoms with van der Waals surface area (Å²) in [6.45, 7) is 6.26. The highest BCUT2D eigenvalue weighted by Crippen LogP contribution is 2.29. The van der Waals surface area contributed by atoms with Crippen molar-refractivity contribution >= 4 is 5.82 Å². The first-order valence-electron chi connectivity index (χ1n) is 8.90. The molecule has 0 aromatic carbocycles. The molecule has 1 heterocycles. The van der Waals surface area contributed by atoms with E-state index in [4.69, 9.17) is 9.72 Å². The molecule has 0 unspecified atom stereocenters. The summed E-state index contributed by atoms with van der Waals surface area (Å²) in [6, 6.07) is 0.535. The summed E-state index contributed by atoms with van der Waals surface area (Å²) >= 11 is 0. The standard InChI is InChI=1S/C18H29N3O/c1-12(2)22-15-10-8-14(9-11-15)21-18-16-6-4-5-7-17(16)19-13(3)20-18/h12,14-15H,4-11H2,1-3H3,(H,19,20,21). The zero-order valence-corrected chi connectivity index (χ0v) is 14.2. The van der Waals surface area contributed by atoms with Gasteiger partial charge in [-0.05, 0) is 72.1 Å². The molecule has 3 rings (SSSR count). The van der Waals surface area contributed by atoms with Crippen molar-refractivity contribution in [3.05, 3.63) is 17.1 Å². The zero-order valence-electron chi connectivity index (χ0n) is 14.2. The minimum absolute atomic E-state index is 0.339. The third-order valence-electron chi connectivity index (χ3n) is 4.77. The average Bonchev–Trinajstić information content (AvgIpc) is 2.48. The number of ether oxygens (including phenoxy) is 1. The van der Waals surface area contributed by atoms with Gasteiger partial charge in [0.05, 0.1) is 12.2 Å². The van der Waals surface area contributed by atoms with Crippen LogP contribution in [0.1, 0.15) is 69.5 Å². The molecule has 0 aliphatic heterocycles. The Morgan fingerprint density at radius 3 is 2.50 bits per heavy atom. The first-order valence-corrected chi connectivity index (χ1v) is 8.90. The van der Waals surface area contributed by atoms with Gasteiger partial charge >= 0.3 is 0 Å². The molecule has 0 amide bonds. The lowest BCUT2D eigenvalue weighted by Crippen LogP contribution is -2.32. The lowest BCUT2D eigenvalue weighted by atomic mass is 9.91. The van der Waals surface area contributed by atoms with Crippen LogP contribution in [0.25, 0.3) is 0 Å². The Kier molecular flexibility index (Phi) is 4.97. The van der Waals surface area contributed by atoms with Crippen LogP contribution in [0.2, 0.25) is 0 Å². The van der Waals surface area contributed by atoms with E-state index in [0.29, 0.717) is 18.2 Å². The number of hydrogen-bond donors (Lipinski definition) is 1. The van der Waals surface area contributed by atoms with Gasteiger partial charge in [-0.15, -0.1) is 0 Å². The lowest BCUT2D eigenvalue weighted by molar-refractivity contribution is -0.0133. The van der Waals surface area contributed by atoms with Gasteiger partial charge in [0, 0.05) is 17.3 Å². The molecule has 0 saturated heterocycles. The van der Waals surface area contributed by atoms with Crippen LogP contribution in [-0.2, 0) is 17.6 Å². The number of anilines is 1. The van der Waals surface area contributed by atoms with Crippen molar-refractivity contribution in [2.75, 3.05) is 5.32 Å². The van der Waals surface area contributed by atoms with Gasteiger partial charge in [-0.1, -0.05) is 0 Å². The maximum atomic E-state index is 5.95.